The molecule has 3 heteroatoms. The van der Waals surface area contributed by atoms with Crippen LogP contribution < -0.4 is 5.32 Å². The molecule has 1 fully saturated rings. The summed E-state index contributed by atoms with van der Waals surface area (Å²) in [6.07, 6.45) is 2.73. The Balaban J connectivity index is 1.80. The summed E-state index contributed by atoms with van der Waals surface area (Å²) in [7, 11) is 2.20. The Labute approximate surface area is 122 Å². The molecule has 1 saturated carbocycles. The van der Waals surface area contributed by atoms with E-state index in [-0.39, 0.29) is 0 Å². The standard InChI is InChI=1S/C16H25ClN2/c1-12(10-18-16-8-9-16)11-19(3)13(2)14-4-6-15(17)7-5-14/h4-7,12-13,16,18H,8-11H2,1-3H3. The molecule has 106 valence electrons. The van der Waals surface area contributed by atoms with Gasteiger partial charge >= 0.3 is 0 Å². The van der Waals surface area contributed by atoms with Gasteiger partial charge < -0.3 is 5.32 Å². The third-order valence-corrected chi connectivity index (χ3v) is 4.20. The summed E-state index contributed by atoms with van der Waals surface area (Å²) < 4.78 is 0. The van der Waals surface area contributed by atoms with Gasteiger partial charge in [0, 0.05) is 23.7 Å². The Morgan fingerprint density at radius 1 is 1.26 bits per heavy atom. The van der Waals surface area contributed by atoms with Gasteiger partial charge in [0.2, 0.25) is 0 Å². The summed E-state index contributed by atoms with van der Waals surface area (Å²) in [4.78, 5) is 2.42. The fraction of sp³-hybridized carbons (Fsp3) is 0.625. The van der Waals surface area contributed by atoms with Gasteiger partial charge in [-0.25, -0.2) is 0 Å². The van der Waals surface area contributed by atoms with Crippen molar-refractivity contribution in [3.05, 3.63) is 34.9 Å². The Kier molecular flexibility index (Phi) is 5.26. The van der Waals surface area contributed by atoms with E-state index in [2.05, 4.69) is 43.2 Å². The van der Waals surface area contributed by atoms with E-state index in [9.17, 15) is 0 Å². The van der Waals surface area contributed by atoms with Crippen LogP contribution in [0, 0.1) is 5.92 Å². The molecule has 2 rings (SSSR count). The minimum Gasteiger partial charge on any atom is -0.314 e. The predicted molar refractivity (Wildman–Crippen MR) is 82.7 cm³/mol. The maximum absolute atomic E-state index is 5.94. The van der Waals surface area contributed by atoms with Gasteiger partial charge in [-0.3, -0.25) is 4.90 Å². The lowest BCUT2D eigenvalue weighted by Crippen LogP contribution is -2.33. The third kappa shape index (κ3) is 4.79. The average molecular weight is 281 g/mol. The zero-order valence-corrected chi connectivity index (χ0v) is 13.0. The SMILES string of the molecule is CC(CNC1CC1)CN(C)C(C)c1ccc(Cl)cc1. The highest BCUT2D eigenvalue weighted by Crippen LogP contribution is 2.22. The first-order valence-corrected chi connectivity index (χ1v) is 7.63. The second-order valence-electron chi connectivity index (χ2n) is 5.95. The van der Waals surface area contributed by atoms with Crippen molar-refractivity contribution in [2.45, 2.75) is 38.8 Å². The molecule has 0 aromatic heterocycles. The molecule has 1 aromatic carbocycles. The van der Waals surface area contributed by atoms with Crippen molar-refractivity contribution in [1.82, 2.24) is 10.2 Å². The topological polar surface area (TPSA) is 15.3 Å². The summed E-state index contributed by atoms with van der Waals surface area (Å²) in [6, 6.07) is 9.42. The molecule has 0 saturated heterocycles. The number of rotatable bonds is 7. The number of benzene rings is 1. The molecule has 2 atom stereocenters. The molecule has 1 aliphatic rings. The van der Waals surface area contributed by atoms with E-state index >= 15 is 0 Å². The minimum atomic E-state index is 0.431. The lowest BCUT2D eigenvalue weighted by atomic mass is 10.1. The van der Waals surface area contributed by atoms with Gasteiger partial charge in [-0.1, -0.05) is 30.7 Å². The molecular formula is C16H25ClN2. The quantitative estimate of drug-likeness (QED) is 0.819. The van der Waals surface area contributed by atoms with Crippen LogP contribution in [0.3, 0.4) is 0 Å². The maximum atomic E-state index is 5.94. The fourth-order valence-electron chi connectivity index (χ4n) is 2.37. The molecule has 19 heavy (non-hydrogen) atoms. The highest BCUT2D eigenvalue weighted by molar-refractivity contribution is 6.30. The van der Waals surface area contributed by atoms with Crippen molar-refractivity contribution in [2.75, 3.05) is 20.1 Å². The molecule has 2 nitrogen and oxygen atoms in total. The van der Waals surface area contributed by atoms with E-state index in [0.717, 1.165) is 24.2 Å². The molecule has 0 amide bonds. The molecule has 0 heterocycles. The maximum Gasteiger partial charge on any atom is 0.0406 e. The van der Waals surface area contributed by atoms with Crippen molar-refractivity contribution in [3.63, 3.8) is 0 Å². The zero-order valence-electron chi connectivity index (χ0n) is 12.2. The van der Waals surface area contributed by atoms with E-state index in [0.29, 0.717) is 12.0 Å². The molecule has 0 radical (unpaired) electrons. The Morgan fingerprint density at radius 3 is 2.47 bits per heavy atom. The lowest BCUT2D eigenvalue weighted by Gasteiger charge is -2.28. The highest BCUT2D eigenvalue weighted by atomic mass is 35.5. The van der Waals surface area contributed by atoms with Gasteiger partial charge in [0.05, 0.1) is 0 Å². The Morgan fingerprint density at radius 2 is 1.89 bits per heavy atom. The van der Waals surface area contributed by atoms with Gasteiger partial charge in [-0.15, -0.1) is 0 Å². The van der Waals surface area contributed by atoms with Crippen molar-refractivity contribution in [1.29, 1.82) is 0 Å². The van der Waals surface area contributed by atoms with Gasteiger partial charge in [0.25, 0.3) is 0 Å². The first kappa shape index (κ1) is 14.8. The Hall–Kier alpha value is -0.570. The van der Waals surface area contributed by atoms with E-state index in [1.165, 1.54) is 18.4 Å². The number of nitrogens with one attached hydrogen (secondary N) is 1. The van der Waals surface area contributed by atoms with Gasteiger partial charge in [0.1, 0.15) is 0 Å². The molecular weight excluding hydrogens is 256 g/mol. The normalized spacial score (nSPS) is 18.6. The number of hydrogen-bond donors (Lipinski definition) is 1. The second kappa shape index (κ2) is 6.74. The molecule has 2 unspecified atom stereocenters. The second-order valence-corrected chi connectivity index (χ2v) is 6.39. The first-order valence-electron chi connectivity index (χ1n) is 7.25. The van der Waals surface area contributed by atoms with E-state index < -0.39 is 0 Å². The van der Waals surface area contributed by atoms with E-state index in [4.69, 9.17) is 11.6 Å². The molecule has 1 aromatic rings. The summed E-state index contributed by atoms with van der Waals surface area (Å²) in [5.41, 5.74) is 1.33. The molecule has 1 N–H and O–H groups in total. The minimum absolute atomic E-state index is 0.431. The monoisotopic (exact) mass is 280 g/mol. The highest BCUT2D eigenvalue weighted by Gasteiger charge is 2.21. The number of halogens is 1. The average Bonchev–Trinajstić information content (AvgIpc) is 3.20. The summed E-state index contributed by atoms with van der Waals surface area (Å²) in [6.45, 7) is 6.82. The van der Waals surface area contributed by atoms with Crippen LogP contribution in [-0.4, -0.2) is 31.1 Å². The van der Waals surface area contributed by atoms with Gasteiger partial charge in [-0.05, 0) is 57.0 Å². The summed E-state index contributed by atoms with van der Waals surface area (Å²) in [5, 5.41) is 4.41. The molecule has 0 spiro atoms. The predicted octanol–water partition coefficient (Wildman–Crippen LogP) is 3.72. The van der Waals surface area contributed by atoms with Crippen molar-refractivity contribution < 1.29 is 0 Å². The largest absolute Gasteiger partial charge is 0.314 e. The van der Waals surface area contributed by atoms with Crippen LogP contribution in [0.5, 0.6) is 0 Å². The van der Waals surface area contributed by atoms with E-state index in [1.807, 2.05) is 12.1 Å². The van der Waals surface area contributed by atoms with Crippen molar-refractivity contribution in [2.24, 2.45) is 5.92 Å². The lowest BCUT2D eigenvalue weighted by molar-refractivity contribution is 0.223. The van der Waals surface area contributed by atoms with Crippen LogP contribution >= 0.6 is 11.6 Å². The van der Waals surface area contributed by atoms with Gasteiger partial charge in [-0.2, -0.15) is 0 Å². The van der Waals surface area contributed by atoms with Crippen LogP contribution in [-0.2, 0) is 0 Å². The van der Waals surface area contributed by atoms with Crippen LogP contribution in [0.25, 0.3) is 0 Å². The summed E-state index contributed by atoms with van der Waals surface area (Å²) >= 11 is 5.94. The van der Waals surface area contributed by atoms with Crippen molar-refractivity contribution in [3.8, 4) is 0 Å². The third-order valence-electron chi connectivity index (χ3n) is 3.95. The van der Waals surface area contributed by atoms with Crippen LogP contribution in [0.15, 0.2) is 24.3 Å². The molecule has 0 aliphatic heterocycles. The smallest absolute Gasteiger partial charge is 0.0406 e. The molecule has 1 aliphatic carbocycles. The molecule has 0 bridgehead atoms. The van der Waals surface area contributed by atoms with Crippen molar-refractivity contribution >= 4 is 11.6 Å². The fourth-order valence-corrected chi connectivity index (χ4v) is 2.49. The first-order chi connectivity index (χ1) is 9.06. The number of nitrogens with zero attached hydrogens (tertiary/aromatic N) is 1. The Bertz CT molecular complexity index is 386. The zero-order chi connectivity index (χ0) is 13.8. The summed E-state index contributed by atoms with van der Waals surface area (Å²) in [5.74, 6) is 0.681. The van der Waals surface area contributed by atoms with Crippen LogP contribution in [0.1, 0.15) is 38.3 Å². The van der Waals surface area contributed by atoms with Crippen LogP contribution in [0.2, 0.25) is 5.02 Å². The van der Waals surface area contributed by atoms with Crippen LogP contribution in [0.4, 0.5) is 0 Å². The number of hydrogen-bond acceptors (Lipinski definition) is 2. The van der Waals surface area contributed by atoms with Gasteiger partial charge in [0.15, 0.2) is 0 Å². The van der Waals surface area contributed by atoms with E-state index in [1.54, 1.807) is 0 Å².